The van der Waals surface area contributed by atoms with E-state index in [0.717, 1.165) is 29.9 Å². The molecule has 2 aromatic carbocycles. The molecule has 1 amide bonds. The lowest BCUT2D eigenvalue weighted by Crippen LogP contribution is -2.32. The monoisotopic (exact) mass is 386 g/mol. The lowest BCUT2D eigenvalue weighted by Gasteiger charge is -2.31. The SMILES string of the molecule is Cc1ccc(C(C)(C)c2ccc(N3CCc4cnc(C(N)=O)nc4C3)cc2)cc1. The van der Waals surface area contributed by atoms with Crippen molar-refractivity contribution in [2.75, 3.05) is 11.4 Å². The van der Waals surface area contributed by atoms with Gasteiger partial charge in [-0.3, -0.25) is 4.79 Å². The largest absolute Gasteiger partial charge is 0.365 e. The Kier molecular flexibility index (Phi) is 4.82. The van der Waals surface area contributed by atoms with Crippen LogP contribution >= 0.6 is 0 Å². The second-order valence-corrected chi connectivity index (χ2v) is 8.24. The van der Waals surface area contributed by atoms with Gasteiger partial charge in [0.1, 0.15) is 0 Å². The van der Waals surface area contributed by atoms with Gasteiger partial charge in [-0.15, -0.1) is 0 Å². The van der Waals surface area contributed by atoms with Crippen LogP contribution < -0.4 is 10.6 Å². The van der Waals surface area contributed by atoms with E-state index in [9.17, 15) is 4.79 Å². The Morgan fingerprint density at radius 1 is 1.03 bits per heavy atom. The fraction of sp³-hybridized carbons (Fsp3) is 0.292. The number of fused-ring (bicyclic) bond motifs is 1. The van der Waals surface area contributed by atoms with Crippen molar-refractivity contribution in [1.29, 1.82) is 0 Å². The Labute approximate surface area is 171 Å². The van der Waals surface area contributed by atoms with Crippen molar-refractivity contribution >= 4 is 11.6 Å². The molecule has 0 radical (unpaired) electrons. The molecule has 0 atom stereocenters. The van der Waals surface area contributed by atoms with Gasteiger partial charge in [0.05, 0.1) is 12.2 Å². The van der Waals surface area contributed by atoms with E-state index in [-0.39, 0.29) is 11.2 Å². The van der Waals surface area contributed by atoms with Crippen LogP contribution in [0, 0.1) is 6.92 Å². The van der Waals surface area contributed by atoms with E-state index >= 15 is 0 Å². The third-order valence-corrected chi connectivity index (χ3v) is 5.89. The number of amides is 1. The topological polar surface area (TPSA) is 72.1 Å². The number of carbonyl (C=O) groups is 1. The van der Waals surface area contributed by atoms with Crippen molar-refractivity contribution in [1.82, 2.24) is 9.97 Å². The minimum Gasteiger partial charge on any atom is -0.365 e. The summed E-state index contributed by atoms with van der Waals surface area (Å²) in [5.74, 6) is -0.506. The van der Waals surface area contributed by atoms with Crippen LogP contribution in [0.2, 0.25) is 0 Å². The molecule has 29 heavy (non-hydrogen) atoms. The second-order valence-electron chi connectivity index (χ2n) is 8.24. The van der Waals surface area contributed by atoms with E-state index in [2.05, 4.69) is 84.2 Å². The molecule has 0 bridgehead atoms. The Balaban J connectivity index is 1.56. The maximum absolute atomic E-state index is 11.4. The molecule has 0 fully saturated rings. The Hall–Kier alpha value is -3.21. The lowest BCUT2D eigenvalue weighted by atomic mass is 9.78. The fourth-order valence-electron chi connectivity index (χ4n) is 3.87. The molecule has 0 saturated carbocycles. The zero-order valence-electron chi connectivity index (χ0n) is 17.1. The molecular formula is C24H26N4O. The van der Waals surface area contributed by atoms with Crippen LogP contribution in [0.15, 0.2) is 54.7 Å². The summed E-state index contributed by atoms with van der Waals surface area (Å²) in [5, 5.41) is 0. The van der Waals surface area contributed by atoms with Gasteiger partial charge >= 0.3 is 0 Å². The van der Waals surface area contributed by atoms with Gasteiger partial charge in [-0.25, -0.2) is 9.97 Å². The highest BCUT2D eigenvalue weighted by molar-refractivity contribution is 5.88. The van der Waals surface area contributed by atoms with Crippen molar-refractivity contribution < 1.29 is 4.79 Å². The van der Waals surface area contributed by atoms with Crippen molar-refractivity contribution in [2.24, 2.45) is 5.73 Å². The molecule has 1 aliphatic rings. The third-order valence-electron chi connectivity index (χ3n) is 5.89. The van der Waals surface area contributed by atoms with Gasteiger partial charge in [-0.1, -0.05) is 55.8 Å². The number of carbonyl (C=O) groups excluding carboxylic acids is 1. The van der Waals surface area contributed by atoms with E-state index in [1.54, 1.807) is 6.20 Å². The van der Waals surface area contributed by atoms with Crippen molar-refractivity contribution in [3.63, 3.8) is 0 Å². The Morgan fingerprint density at radius 3 is 2.28 bits per heavy atom. The molecule has 0 aliphatic carbocycles. The summed E-state index contributed by atoms with van der Waals surface area (Å²) in [6.45, 7) is 8.17. The Morgan fingerprint density at radius 2 is 1.66 bits per heavy atom. The van der Waals surface area contributed by atoms with Crippen LogP contribution in [-0.2, 0) is 18.4 Å². The number of aromatic nitrogens is 2. The summed E-state index contributed by atoms with van der Waals surface area (Å²) in [6, 6.07) is 17.5. The number of nitrogens with zero attached hydrogens (tertiary/aromatic N) is 3. The van der Waals surface area contributed by atoms with E-state index in [4.69, 9.17) is 5.73 Å². The van der Waals surface area contributed by atoms with Gasteiger partial charge in [-0.05, 0) is 42.2 Å². The number of anilines is 1. The van der Waals surface area contributed by atoms with Gasteiger partial charge < -0.3 is 10.6 Å². The first-order valence-electron chi connectivity index (χ1n) is 9.92. The van der Waals surface area contributed by atoms with E-state index in [1.807, 2.05) is 0 Å². The molecular weight excluding hydrogens is 360 g/mol. The molecule has 5 nitrogen and oxygen atoms in total. The number of aryl methyl sites for hydroxylation is 1. The molecule has 1 aromatic heterocycles. The molecule has 4 rings (SSSR count). The number of nitrogens with two attached hydrogens (primary N) is 1. The summed E-state index contributed by atoms with van der Waals surface area (Å²) in [6.07, 6.45) is 2.58. The molecule has 148 valence electrons. The van der Waals surface area contributed by atoms with Gasteiger partial charge in [0, 0.05) is 23.8 Å². The normalized spacial score (nSPS) is 13.8. The fourth-order valence-corrected chi connectivity index (χ4v) is 3.87. The highest BCUT2D eigenvalue weighted by Crippen LogP contribution is 2.33. The standard InChI is InChI=1S/C24H26N4O/c1-16-4-6-18(7-5-16)24(2,3)19-8-10-20(11-9-19)28-13-12-17-14-26-23(22(25)29)27-21(17)15-28/h4-11,14H,12-13,15H2,1-3H3,(H2,25,29). The van der Waals surface area contributed by atoms with E-state index in [0.29, 0.717) is 6.54 Å². The molecule has 0 saturated heterocycles. The third kappa shape index (κ3) is 3.73. The van der Waals surface area contributed by atoms with Crippen LogP contribution in [0.1, 0.15) is 52.4 Å². The van der Waals surface area contributed by atoms with Crippen LogP contribution in [0.3, 0.4) is 0 Å². The van der Waals surface area contributed by atoms with Gasteiger partial charge in [0.2, 0.25) is 5.82 Å². The van der Waals surface area contributed by atoms with Crippen molar-refractivity contribution in [3.8, 4) is 0 Å². The summed E-state index contributed by atoms with van der Waals surface area (Å²) in [5.41, 5.74) is 12.2. The van der Waals surface area contributed by atoms with E-state index in [1.165, 1.54) is 16.7 Å². The maximum Gasteiger partial charge on any atom is 0.286 e. The molecule has 2 N–H and O–H groups in total. The highest BCUT2D eigenvalue weighted by Gasteiger charge is 2.24. The molecule has 0 unspecified atom stereocenters. The van der Waals surface area contributed by atoms with E-state index < -0.39 is 5.91 Å². The predicted octanol–water partition coefficient (Wildman–Crippen LogP) is 3.77. The maximum atomic E-state index is 11.4. The zero-order chi connectivity index (χ0) is 20.6. The predicted molar refractivity (Wildman–Crippen MR) is 115 cm³/mol. The summed E-state index contributed by atoms with van der Waals surface area (Å²) in [4.78, 5) is 22.1. The first-order valence-corrected chi connectivity index (χ1v) is 9.92. The summed E-state index contributed by atoms with van der Waals surface area (Å²) < 4.78 is 0. The van der Waals surface area contributed by atoms with Crippen molar-refractivity contribution in [2.45, 2.75) is 39.2 Å². The van der Waals surface area contributed by atoms with Crippen LogP contribution in [-0.4, -0.2) is 22.4 Å². The Bertz CT molecular complexity index is 1040. The van der Waals surface area contributed by atoms with Gasteiger partial charge in [-0.2, -0.15) is 0 Å². The van der Waals surface area contributed by atoms with Crippen LogP contribution in [0.4, 0.5) is 5.69 Å². The van der Waals surface area contributed by atoms with Gasteiger partial charge in [0.15, 0.2) is 0 Å². The first-order chi connectivity index (χ1) is 13.8. The second kappa shape index (κ2) is 7.32. The lowest BCUT2D eigenvalue weighted by molar-refractivity contribution is 0.0990. The number of hydrogen-bond donors (Lipinski definition) is 1. The van der Waals surface area contributed by atoms with Crippen LogP contribution in [0.25, 0.3) is 0 Å². The quantitative estimate of drug-likeness (QED) is 0.741. The molecule has 3 aromatic rings. The molecule has 5 heteroatoms. The molecule has 1 aliphatic heterocycles. The summed E-state index contributed by atoms with van der Waals surface area (Å²) >= 11 is 0. The number of rotatable bonds is 4. The average molecular weight is 386 g/mol. The number of primary amides is 1. The van der Waals surface area contributed by atoms with Crippen molar-refractivity contribution in [3.05, 3.63) is 88.5 Å². The molecule has 2 heterocycles. The summed E-state index contributed by atoms with van der Waals surface area (Å²) in [7, 11) is 0. The average Bonchev–Trinajstić information content (AvgIpc) is 2.73. The highest BCUT2D eigenvalue weighted by atomic mass is 16.1. The van der Waals surface area contributed by atoms with Crippen LogP contribution in [0.5, 0.6) is 0 Å². The minimum atomic E-state index is -0.590. The zero-order valence-corrected chi connectivity index (χ0v) is 17.1. The smallest absolute Gasteiger partial charge is 0.286 e. The molecule has 0 spiro atoms. The number of hydrogen-bond acceptors (Lipinski definition) is 4. The first kappa shape index (κ1) is 19.1. The minimum absolute atomic E-state index is 0.0651. The van der Waals surface area contributed by atoms with Gasteiger partial charge in [0.25, 0.3) is 5.91 Å². The number of benzene rings is 2.